The van der Waals surface area contributed by atoms with Crippen molar-refractivity contribution in [1.29, 1.82) is 0 Å². The Bertz CT molecular complexity index is 1880. The predicted molar refractivity (Wildman–Crippen MR) is 164 cm³/mol. The summed E-state index contributed by atoms with van der Waals surface area (Å²) in [5.41, 5.74) is -0.926. The average Bonchev–Trinajstić information content (AvgIpc) is 3.80. The number of fused-ring (bicyclic) bond motifs is 2. The molecular formula is C34H26O14. The Balaban J connectivity index is 1.53. The summed E-state index contributed by atoms with van der Waals surface area (Å²) in [5, 5.41) is 20.8. The fourth-order valence-corrected chi connectivity index (χ4v) is 5.33. The number of ether oxygens (including phenoxy) is 8. The first-order valence-electron chi connectivity index (χ1n) is 14.1. The summed E-state index contributed by atoms with van der Waals surface area (Å²) in [7, 11) is 5.35. The van der Waals surface area contributed by atoms with Crippen molar-refractivity contribution in [2.75, 3.05) is 42.0 Å². The van der Waals surface area contributed by atoms with E-state index in [1.807, 2.05) is 0 Å². The molecule has 14 heteroatoms. The zero-order valence-corrected chi connectivity index (χ0v) is 25.8. The van der Waals surface area contributed by atoms with Crippen LogP contribution in [0.3, 0.4) is 0 Å². The van der Waals surface area contributed by atoms with Crippen LogP contribution in [-0.2, 0) is 0 Å². The molecule has 0 unspecified atom stereocenters. The molecule has 6 rings (SSSR count). The Kier molecular flexibility index (Phi) is 8.14. The second-order valence-electron chi connectivity index (χ2n) is 10.3. The number of hydrogen-bond acceptors (Lipinski definition) is 14. The number of ketones is 4. The smallest absolute Gasteiger partial charge is 0.234 e. The van der Waals surface area contributed by atoms with Gasteiger partial charge in [0.25, 0.3) is 0 Å². The average molecular weight is 659 g/mol. The van der Waals surface area contributed by atoms with E-state index in [0.29, 0.717) is 0 Å². The first-order valence-corrected chi connectivity index (χ1v) is 14.1. The minimum atomic E-state index is -1.07. The van der Waals surface area contributed by atoms with Crippen LogP contribution in [0.25, 0.3) is 11.1 Å². The standard InChI is InChI=1S/C34H26O14/c1-41-23-9-17(19(11-25(23)43-3)31(39)29(37)15-5-21(35)33-27(7-15)45-13-47-33)18-10-24(42-2)26(44-4)12-20(18)32(40)30(38)16-6-22(36)34-28(8-16)46-14-48-34/h5-12,35-36H,13-14H2,1-4H3. The number of methoxy groups -OCH3 is 4. The van der Waals surface area contributed by atoms with Crippen LogP contribution >= 0.6 is 0 Å². The Morgan fingerprint density at radius 3 is 1.21 bits per heavy atom. The molecule has 0 bridgehead atoms. The van der Waals surface area contributed by atoms with E-state index in [-0.39, 0.29) is 93.0 Å². The number of benzene rings is 4. The minimum absolute atomic E-state index is 0.0124. The van der Waals surface area contributed by atoms with Crippen LogP contribution in [0.1, 0.15) is 41.4 Å². The van der Waals surface area contributed by atoms with Crippen LogP contribution in [-0.4, -0.2) is 75.4 Å². The SMILES string of the molecule is COc1cc(C(=O)C(=O)c2cc(O)c3c(c2)OCO3)c(-c2cc(OC)c(OC)cc2C(=O)C(=O)c2cc(O)c3c(c2)OCO3)cc1OC. The lowest BCUT2D eigenvalue weighted by atomic mass is 9.87. The van der Waals surface area contributed by atoms with E-state index in [0.717, 1.165) is 12.1 Å². The van der Waals surface area contributed by atoms with E-state index in [2.05, 4.69) is 0 Å². The Morgan fingerprint density at radius 1 is 0.500 bits per heavy atom. The fourth-order valence-electron chi connectivity index (χ4n) is 5.33. The van der Waals surface area contributed by atoms with Crippen molar-refractivity contribution >= 4 is 23.1 Å². The molecule has 0 fully saturated rings. The summed E-state index contributed by atoms with van der Waals surface area (Å²) in [5.74, 6) is -4.45. The van der Waals surface area contributed by atoms with E-state index < -0.39 is 34.6 Å². The summed E-state index contributed by atoms with van der Waals surface area (Å²) in [6.07, 6.45) is 0. The van der Waals surface area contributed by atoms with Crippen molar-refractivity contribution in [1.82, 2.24) is 0 Å². The maximum Gasteiger partial charge on any atom is 0.234 e. The van der Waals surface area contributed by atoms with Crippen LogP contribution in [0, 0.1) is 0 Å². The third kappa shape index (κ3) is 5.28. The topological polar surface area (TPSA) is 183 Å². The highest BCUT2D eigenvalue weighted by atomic mass is 16.7. The molecule has 2 aliphatic rings. The van der Waals surface area contributed by atoms with Crippen molar-refractivity contribution in [3.05, 3.63) is 70.8 Å². The van der Waals surface area contributed by atoms with Gasteiger partial charge < -0.3 is 48.1 Å². The van der Waals surface area contributed by atoms with Crippen molar-refractivity contribution in [2.45, 2.75) is 0 Å². The van der Waals surface area contributed by atoms with Crippen LogP contribution in [0.4, 0.5) is 0 Å². The highest BCUT2D eigenvalue weighted by Crippen LogP contribution is 2.45. The van der Waals surface area contributed by atoms with Crippen molar-refractivity contribution in [3.8, 4) is 68.6 Å². The van der Waals surface area contributed by atoms with E-state index in [1.165, 1.54) is 64.8 Å². The van der Waals surface area contributed by atoms with Gasteiger partial charge in [-0.05, 0) is 59.7 Å². The molecule has 4 aromatic carbocycles. The minimum Gasteiger partial charge on any atom is -0.504 e. The summed E-state index contributed by atoms with van der Waals surface area (Å²) in [6, 6.07) is 9.89. The van der Waals surface area contributed by atoms with Crippen LogP contribution < -0.4 is 37.9 Å². The van der Waals surface area contributed by atoms with Gasteiger partial charge in [-0.3, -0.25) is 19.2 Å². The lowest BCUT2D eigenvalue weighted by Crippen LogP contribution is -2.18. The highest BCUT2D eigenvalue weighted by Gasteiger charge is 2.32. The first kappa shape index (κ1) is 31.5. The molecule has 0 saturated carbocycles. The third-order valence-corrected chi connectivity index (χ3v) is 7.67. The van der Waals surface area contributed by atoms with Gasteiger partial charge in [-0.2, -0.15) is 0 Å². The number of phenolic OH excluding ortho intramolecular Hbond substituents is 2. The number of rotatable bonds is 11. The van der Waals surface area contributed by atoms with Crippen molar-refractivity contribution in [2.24, 2.45) is 0 Å². The molecule has 2 heterocycles. The Labute approximate surface area is 271 Å². The van der Waals surface area contributed by atoms with Crippen molar-refractivity contribution < 1.29 is 67.3 Å². The number of Topliss-reactive ketones (excluding diaryl/α,β-unsaturated/α-hetero) is 4. The first-order chi connectivity index (χ1) is 23.1. The molecule has 0 saturated heterocycles. The number of aromatic hydroxyl groups is 2. The van der Waals surface area contributed by atoms with Crippen LogP contribution in [0.5, 0.6) is 57.5 Å². The summed E-state index contributed by atoms with van der Waals surface area (Å²) in [4.78, 5) is 55.3. The second-order valence-corrected chi connectivity index (χ2v) is 10.3. The molecule has 0 atom stereocenters. The second kappa shape index (κ2) is 12.4. The molecule has 48 heavy (non-hydrogen) atoms. The molecule has 14 nitrogen and oxygen atoms in total. The molecule has 0 spiro atoms. The molecule has 4 aromatic rings. The van der Waals surface area contributed by atoms with Crippen LogP contribution in [0.15, 0.2) is 48.5 Å². The Hall–Kier alpha value is -6.44. The number of carbonyl (C=O) groups is 4. The number of phenols is 2. The summed E-state index contributed by atoms with van der Waals surface area (Å²) in [6.45, 7) is -0.371. The van der Waals surface area contributed by atoms with Gasteiger partial charge in [-0.1, -0.05) is 0 Å². The zero-order valence-electron chi connectivity index (χ0n) is 25.8. The maximum absolute atomic E-state index is 14.0. The van der Waals surface area contributed by atoms with Gasteiger partial charge in [-0.25, -0.2) is 0 Å². The zero-order chi connectivity index (χ0) is 34.3. The van der Waals surface area contributed by atoms with Gasteiger partial charge in [0.05, 0.1) is 28.4 Å². The van der Waals surface area contributed by atoms with Crippen LogP contribution in [0.2, 0.25) is 0 Å². The quantitative estimate of drug-likeness (QED) is 0.171. The van der Waals surface area contributed by atoms with Gasteiger partial charge in [0.1, 0.15) is 0 Å². The molecule has 0 amide bonds. The number of carbonyl (C=O) groups excluding carboxylic acids is 4. The van der Waals surface area contributed by atoms with Gasteiger partial charge in [0.15, 0.2) is 46.0 Å². The van der Waals surface area contributed by atoms with E-state index >= 15 is 0 Å². The molecule has 246 valence electrons. The van der Waals surface area contributed by atoms with Crippen molar-refractivity contribution in [3.63, 3.8) is 0 Å². The van der Waals surface area contributed by atoms with Gasteiger partial charge in [0.2, 0.25) is 48.2 Å². The predicted octanol–water partition coefficient (Wildman–Crippen LogP) is 4.39. The molecule has 2 N–H and O–H groups in total. The largest absolute Gasteiger partial charge is 0.504 e. The van der Waals surface area contributed by atoms with Gasteiger partial charge >= 0.3 is 0 Å². The highest BCUT2D eigenvalue weighted by molar-refractivity contribution is 6.52. The Morgan fingerprint density at radius 2 is 0.854 bits per heavy atom. The molecule has 0 radical (unpaired) electrons. The summed E-state index contributed by atoms with van der Waals surface area (Å²) < 4.78 is 42.7. The van der Waals surface area contributed by atoms with E-state index in [4.69, 9.17) is 37.9 Å². The molecule has 2 aliphatic heterocycles. The number of hydrogen-bond donors (Lipinski definition) is 2. The molecule has 0 aromatic heterocycles. The monoisotopic (exact) mass is 658 g/mol. The molecular weight excluding hydrogens is 632 g/mol. The van der Waals surface area contributed by atoms with Gasteiger partial charge in [-0.15, -0.1) is 0 Å². The lowest BCUT2D eigenvalue weighted by Gasteiger charge is -2.18. The third-order valence-electron chi connectivity index (χ3n) is 7.67. The maximum atomic E-state index is 14.0. The normalized spacial score (nSPS) is 12.3. The molecule has 0 aliphatic carbocycles. The van der Waals surface area contributed by atoms with Gasteiger partial charge in [0, 0.05) is 22.3 Å². The summed E-state index contributed by atoms with van der Waals surface area (Å²) >= 11 is 0. The lowest BCUT2D eigenvalue weighted by molar-refractivity contribution is 0.0815. The van der Waals surface area contributed by atoms with E-state index in [1.54, 1.807) is 0 Å². The van der Waals surface area contributed by atoms with E-state index in [9.17, 15) is 29.4 Å². The fraction of sp³-hybridized carbons (Fsp3) is 0.176.